The molecular weight excluding hydrogens is 308 g/mol. The first-order chi connectivity index (χ1) is 11.0. The second kappa shape index (κ2) is 7.87. The van der Waals surface area contributed by atoms with Gasteiger partial charge in [0.25, 0.3) is 5.91 Å². The van der Waals surface area contributed by atoms with Crippen LogP contribution in [-0.4, -0.2) is 68.2 Å². The number of nitrogens with zero attached hydrogens (tertiary/aromatic N) is 2. The molecule has 1 aromatic rings. The fourth-order valence-corrected chi connectivity index (χ4v) is 2.32. The van der Waals surface area contributed by atoms with Gasteiger partial charge < -0.3 is 19.9 Å². The minimum atomic E-state index is -0.880. The van der Waals surface area contributed by atoms with Crippen LogP contribution in [0.5, 0.6) is 0 Å². The molecule has 2 rings (SSSR count). The normalized spacial score (nSPS) is 14.7. The molecule has 1 N–H and O–H groups in total. The fraction of sp³-hybridized carbons (Fsp3) is 0.467. The molecule has 23 heavy (non-hydrogen) atoms. The lowest BCUT2D eigenvalue weighted by Crippen LogP contribution is -2.53. The van der Waals surface area contributed by atoms with E-state index in [4.69, 9.17) is 4.74 Å². The van der Waals surface area contributed by atoms with Gasteiger partial charge in [0.05, 0.1) is 12.2 Å². The van der Waals surface area contributed by atoms with E-state index < -0.39 is 17.5 Å². The molecule has 0 atom stereocenters. The van der Waals surface area contributed by atoms with E-state index in [1.165, 1.54) is 4.90 Å². The molecule has 3 amide bonds. The number of benzene rings is 1. The summed E-state index contributed by atoms with van der Waals surface area (Å²) >= 11 is 0. The summed E-state index contributed by atoms with van der Waals surface area (Å²) < 4.78 is 31.4. The van der Waals surface area contributed by atoms with Crippen molar-refractivity contribution in [3.8, 4) is 0 Å². The summed E-state index contributed by atoms with van der Waals surface area (Å²) in [6.07, 6.45) is 0. The maximum Gasteiger partial charge on any atom is 0.317 e. The number of methoxy groups -OCH3 is 1. The molecular formula is C15H19F2N3O3. The average Bonchev–Trinajstić information content (AvgIpc) is 2.54. The summed E-state index contributed by atoms with van der Waals surface area (Å²) in [5.41, 5.74) is -0.163. The van der Waals surface area contributed by atoms with Crippen LogP contribution in [0, 0.1) is 11.6 Å². The SMILES string of the molecule is COCCNC(=O)N1CCN(C(=O)c2ccc(F)cc2F)CC1. The highest BCUT2D eigenvalue weighted by Crippen LogP contribution is 2.14. The Morgan fingerprint density at radius 1 is 1.17 bits per heavy atom. The number of urea groups is 1. The lowest BCUT2D eigenvalue weighted by atomic mass is 10.1. The summed E-state index contributed by atoms with van der Waals surface area (Å²) in [5.74, 6) is -2.10. The minimum Gasteiger partial charge on any atom is -0.383 e. The Balaban J connectivity index is 1.88. The molecule has 1 aliphatic rings. The molecule has 1 aromatic carbocycles. The molecule has 1 saturated heterocycles. The van der Waals surface area contributed by atoms with Crippen LogP contribution in [0.1, 0.15) is 10.4 Å². The van der Waals surface area contributed by atoms with E-state index in [1.54, 1.807) is 12.0 Å². The van der Waals surface area contributed by atoms with Crippen LogP contribution in [0.3, 0.4) is 0 Å². The Kier molecular flexibility index (Phi) is 5.86. The van der Waals surface area contributed by atoms with Gasteiger partial charge in [-0.2, -0.15) is 0 Å². The predicted octanol–water partition coefficient (Wildman–Crippen LogP) is 1.08. The van der Waals surface area contributed by atoms with E-state index in [9.17, 15) is 18.4 Å². The maximum atomic E-state index is 13.7. The molecule has 1 fully saturated rings. The molecule has 0 bridgehead atoms. The number of nitrogens with one attached hydrogen (secondary N) is 1. The largest absolute Gasteiger partial charge is 0.383 e. The van der Waals surface area contributed by atoms with Gasteiger partial charge in [0, 0.05) is 45.9 Å². The second-order valence-electron chi connectivity index (χ2n) is 5.13. The van der Waals surface area contributed by atoms with Gasteiger partial charge in [-0.15, -0.1) is 0 Å². The van der Waals surface area contributed by atoms with E-state index in [1.807, 2.05) is 0 Å². The Morgan fingerprint density at radius 2 is 1.83 bits per heavy atom. The molecule has 126 valence electrons. The van der Waals surface area contributed by atoms with Crippen molar-refractivity contribution >= 4 is 11.9 Å². The summed E-state index contributed by atoms with van der Waals surface area (Å²) in [4.78, 5) is 27.1. The van der Waals surface area contributed by atoms with Crippen molar-refractivity contribution in [1.82, 2.24) is 15.1 Å². The monoisotopic (exact) mass is 327 g/mol. The molecule has 0 saturated carbocycles. The Bertz CT molecular complexity index is 575. The fourth-order valence-electron chi connectivity index (χ4n) is 2.32. The molecule has 0 radical (unpaired) electrons. The predicted molar refractivity (Wildman–Crippen MR) is 79.1 cm³/mol. The maximum absolute atomic E-state index is 13.7. The topological polar surface area (TPSA) is 61.9 Å². The number of piperazine rings is 1. The summed E-state index contributed by atoms with van der Waals surface area (Å²) in [6.45, 7) is 2.14. The zero-order chi connectivity index (χ0) is 16.8. The lowest BCUT2D eigenvalue weighted by molar-refractivity contribution is 0.0659. The molecule has 0 spiro atoms. The summed E-state index contributed by atoms with van der Waals surface area (Å²) in [7, 11) is 1.55. The van der Waals surface area contributed by atoms with Crippen LogP contribution >= 0.6 is 0 Å². The van der Waals surface area contributed by atoms with E-state index in [0.717, 1.165) is 12.1 Å². The van der Waals surface area contributed by atoms with Gasteiger partial charge >= 0.3 is 6.03 Å². The first-order valence-electron chi connectivity index (χ1n) is 7.29. The molecule has 6 nitrogen and oxygen atoms in total. The number of carbonyl (C=O) groups excluding carboxylic acids is 2. The van der Waals surface area contributed by atoms with E-state index in [-0.39, 0.29) is 11.6 Å². The number of hydrogen-bond acceptors (Lipinski definition) is 3. The third-order valence-electron chi connectivity index (χ3n) is 3.60. The van der Waals surface area contributed by atoms with E-state index in [0.29, 0.717) is 45.4 Å². The quantitative estimate of drug-likeness (QED) is 0.842. The van der Waals surface area contributed by atoms with Crippen LogP contribution < -0.4 is 5.32 Å². The molecule has 0 aliphatic carbocycles. The van der Waals surface area contributed by atoms with Crippen molar-refractivity contribution in [2.24, 2.45) is 0 Å². The first kappa shape index (κ1) is 17.1. The van der Waals surface area contributed by atoms with Crippen LogP contribution in [0.25, 0.3) is 0 Å². The minimum absolute atomic E-state index is 0.163. The van der Waals surface area contributed by atoms with Crippen molar-refractivity contribution in [2.45, 2.75) is 0 Å². The van der Waals surface area contributed by atoms with Crippen LogP contribution in [0.2, 0.25) is 0 Å². The van der Waals surface area contributed by atoms with Gasteiger partial charge in [0.2, 0.25) is 0 Å². The van der Waals surface area contributed by atoms with Crippen molar-refractivity contribution in [1.29, 1.82) is 0 Å². The van der Waals surface area contributed by atoms with Crippen LogP contribution in [0.15, 0.2) is 18.2 Å². The van der Waals surface area contributed by atoms with E-state index in [2.05, 4.69) is 5.32 Å². The highest BCUT2D eigenvalue weighted by molar-refractivity contribution is 5.94. The second-order valence-corrected chi connectivity index (χ2v) is 5.13. The van der Waals surface area contributed by atoms with Gasteiger partial charge in [0.15, 0.2) is 0 Å². The zero-order valence-electron chi connectivity index (χ0n) is 12.8. The smallest absolute Gasteiger partial charge is 0.317 e. The number of carbonyl (C=O) groups is 2. The van der Waals surface area contributed by atoms with Crippen molar-refractivity contribution in [3.05, 3.63) is 35.4 Å². The molecule has 8 heteroatoms. The first-order valence-corrected chi connectivity index (χ1v) is 7.29. The summed E-state index contributed by atoms with van der Waals surface area (Å²) in [5, 5.41) is 2.70. The zero-order valence-corrected chi connectivity index (χ0v) is 12.8. The number of amides is 3. The van der Waals surface area contributed by atoms with E-state index >= 15 is 0 Å². The van der Waals surface area contributed by atoms with Crippen LogP contribution in [-0.2, 0) is 4.74 Å². The highest BCUT2D eigenvalue weighted by atomic mass is 19.1. The molecule has 0 aromatic heterocycles. The van der Waals surface area contributed by atoms with Gasteiger partial charge in [0.1, 0.15) is 11.6 Å². The average molecular weight is 327 g/mol. The summed E-state index contributed by atoms with van der Waals surface area (Å²) in [6, 6.07) is 2.65. The van der Waals surface area contributed by atoms with Crippen molar-refractivity contribution in [2.75, 3.05) is 46.4 Å². The third kappa shape index (κ3) is 4.38. The Morgan fingerprint density at radius 3 is 2.43 bits per heavy atom. The number of hydrogen-bond donors (Lipinski definition) is 1. The van der Waals surface area contributed by atoms with Gasteiger partial charge in [-0.25, -0.2) is 13.6 Å². The molecule has 1 aliphatic heterocycles. The number of rotatable bonds is 4. The standard InChI is InChI=1S/C15H19F2N3O3/c1-23-9-4-18-15(22)20-7-5-19(6-8-20)14(21)12-3-2-11(16)10-13(12)17/h2-3,10H,4-9H2,1H3,(H,18,22). The molecule has 0 unspecified atom stereocenters. The lowest BCUT2D eigenvalue weighted by Gasteiger charge is -2.34. The number of ether oxygens (including phenoxy) is 1. The van der Waals surface area contributed by atoms with Crippen molar-refractivity contribution in [3.63, 3.8) is 0 Å². The van der Waals surface area contributed by atoms with Gasteiger partial charge in [-0.3, -0.25) is 4.79 Å². The third-order valence-corrected chi connectivity index (χ3v) is 3.60. The Labute approximate surface area is 133 Å². The number of halogens is 2. The van der Waals surface area contributed by atoms with Gasteiger partial charge in [-0.1, -0.05) is 0 Å². The van der Waals surface area contributed by atoms with Crippen LogP contribution in [0.4, 0.5) is 13.6 Å². The van der Waals surface area contributed by atoms with Crippen molar-refractivity contribution < 1.29 is 23.1 Å². The van der Waals surface area contributed by atoms with Gasteiger partial charge in [-0.05, 0) is 12.1 Å². The highest BCUT2D eigenvalue weighted by Gasteiger charge is 2.26. The molecule has 1 heterocycles. The Hall–Kier alpha value is -2.22.